The fraction of sp³-hybridized carbons (Fsp3) is 0.200. The Hall–Kier alpha value is -3.26. The van der Waals surface area contributed by atoms with E-state index in [1.165, 1.54) is 19.2 Å². The molecule has 0 aliphatic carbocycles. The highest BCUT2D eigenvalue weighted by atomic mass is 32.1. The van der Waals surface area contributed by atoms with Gasteiger partial charge in [0, 0.05) is 25.0 Å². The molecule has 5 rings (SSSR count). The zero-order valence-corrected chi connectivity index (χ0v) is 15.9. The zero-order valence-electron chi connectivity index (χ0n) is 15.1. The first kappa shape index (κ1) is 16.9. The Morgan fingerprint density at radius 1 is 0.964 bits per heavy atom. The van der Waals surface area contributed by atoms with Crippen LogP contribution in [0.5, 0.6) is 11.6 Å². The Morgan fingerprint density at radius 2 is 1.82 bits per heavy atom. The molecule has 1 aromatic carbocycles. The third-order valence-corrected chi connectivity index (χ3v) is 5.44. The summed E-state index contributed by atoms with van der Waals surface area (Å²) in [6, 6.07) is 11.6. The van der Waals surface area contributed by atoms with Crippen molar-refractivity contribution >= 4 is 39.0 Å². The van der Waals surface area contributed by atoms with E-state index in [1.807, 2.05) is 41.8 Å². The molecule has 1 aliphatic heterocycles. The number of aromatic nitrogens is 4. The first-order valence-electron chi connectivity index (χ1n) is 9.16. The fourth-order valence-corrected chi connectivity index (χ4v) is 3.95. The van der Waals surface area contributed by atoms with Crippen LogP contribution in [0.4, 0.5) is 17.5 Å². The lowest BCUT2D eigenvalue weighted by Gasteiger charge is -2.16. The number of hydrogen-bond donors (Lipinski definition) is 1. The van der Waals surface area contributed by atoms with E-state index in [2.05, 4.69) is 30.2 Å². The molecule has 4 heterocycles. The van der Waals surface area contributed by atoms with E-state index in [4.69, 9.17) is 4.74 Å². The molecule has 0 bridgehead atoms. The van der Waals surface area contributed by atoms with Gasteiger partial charge in [-0.25, -0.2) is 15.0 Å². The van der Waals surface area contributed by atoms with Crippen LogP contribution < -0.4 is 15.0 Å². The van der Waals surface area contributed by atoms with Crippen molar-refractivity contribution in [1.29, 1.82) is 0 Å². The molecule has 1 aliphatic rings. The van der Waals surface area contributed by atoms with E-state index in [0.717, 1.165) is 34.8 Å². The Morgan fingerprint density at radius 3 is 2.68 bits per heavy atom. The van der Waals surface area contributed by atoms with E-state index < -0.39 is 0 Å². The summed E-state index contributed by atoms with van der Waals surface area (Å²) in [5, 5.41) is 6.16. The van der Waals surface area contributed by atoms with Crippen molar-refractivity contribution in [2.45, 2.75) is 12.8 Å². The second-order valence-electron chi connectivity index (χ2n) is 6.50. The average Bonchev–Trinajstić information content (AvgIpc) is 3.42. The molecule has 0 spiro atoms. The average molecular weight is 390 g/mol. The SMILES string of the molecule is c1cc(N2CCCC2)nc(Nc2ccc(Oc3ncnc4sccc34)cc2)n1. The summed E-state index contributed by atoms with van der Waals surface area (Å²) in [6.07, 6.45) is 5.76. The predicted molar refractivity (Wildman–Crippen MR) is 111 cm³/mol. The van der Waals surface area contributed by atoms with Crippen molar-refractivity contribution in [2.24, 2.45) is 0 Å². The number of thiophene rings is 1. The minimum Gasteiger partial charge on any atom is -0.438 e. The second-order valence-corrected chi connectivity index (χ2v) is 7.40. The number of fused-ring (bicyclic) bond motifs is 1. The van der Waals surface area contributed by atoms with Crippen LogP contribution in [0, 0.1) is 0 Å². The van der Waals surface area contributed by atoms with Crippen molar-refractivity contribution in [1.82, 2.24) is 19.9 Å². The molecule has 0 amide bonds. The largest absolute Gasteiger partial charge is 0.438 e. The molecule has 8 heteroatoms. The lowest BCUT2D eigenvalue weighted by Crippen LogP contribution is -2.19. The van der Waals surface area contributed by atoms with Crippen LogP contribution in [0.1, 0.15) is 12.8 Å². The maximum atomic E-state index is 5.93. The number of nitrogens with one attached hydrogen (secondary N) is 1. The Kier molecular flexibility index (Phi) is 4.46. The summed E-state index contributed by atoms with van der Waals surface area (Å²) >= 11 is 1.57. The molecular formula is C20H18N6OS. The molecule has 3 aromatic heterocycles. The molecular weight excluding hydrogens is 372 g/mol. The summed E-state index contributed by atoms with van der Waals surface area (Å²) in [6.45, 7) is 2.12. The highest BCUT2D eigenvalue weighted by Gasteiger charge is 2.14. The van der Waals surface area contributed by atoms with Crippen molar-refractivity contribution < 1.29 is 4.74 Å². The number of nitrogens with zero attached hydrogens (tertiary/aromatic N) is 5. The van der Waals surface area contributed by atoms with Gasteiger partial charge in [-0.3, -0.25) is 0 Å². The number of benzene rings is 1. The third kappa shape index (κ3) is 3.46. The number of anilines is 3. The normalized spacial score (nSPS) is 13.8. The minimum atomic E-state index is 0.564. The van der Waals surface area contributed by atoms with Crippen LogP contribution in [0.15, 0.2) is 54.3 Å². The van der Waals surface area contributed by atoms with Crippen LogP contribution in [0.25, 0.3) is 10.2 Å². The summed E-state index contributed by atoms with van der Waals surface area (Å²) in [4.78, 5) is 20.6. The standard InChI is InChI=1S/C20H18N6OS/c1-2-11-26(10-1)17-7-9-21-20(25-17)24-14-3-5-15(6-4-14)27-18-16-8-12-28-19(16)23-13-22-18/h3-9,12-13H,1-2,10-11H2,(H,21,24,25). The van der Waals surface area contributed by atoms with Gasteiger partial charge in [0.15, 0.2) is 0 Å². The first-order valence-corrected chi connectivity index (χ1v) is 10.0. The van der Waals surface area contributed by atoms with Gasteiger partial charge in [-0.1, -0.05) is 0 Å². The van der Waals surface area contributed by atoms with Gasteiger partial charge in [-0.05, 0) is 54.6 Å². The molecule has 4 aromatic rings. The van der Waals surface area contributed by atoms with Gasteiger partial charge in [-0.15, -0.1) is 11.3 Å². The van der Waals surface area contributed by atoms with Gasteiger partial charge in [0.2, 0.25) is 11.8 Å². The minimum absolute atomic E-state index is 0.564. The van der Waals surface area contributed by atoms with Crippen molar-refractivity contribution in [3.05, 3.63) is 54.3 Å². The van der Waals surface area contributed by atoms with Gasteiger partial charge in [0.25, 0.3) is 0 Å². The van der Waals surface area contributed by atoms with Crippen LogP contribution >= 0.6 is 11.3 Å². The fourth-order valence-electron chi connectivity index (χ4n) is 3.23. The summed E-state index contributed by atoms with van der Waals surface area (Å²) < 4.78 is 5.93. The van der Waals surface area contributed by atoms with Gasteiger partial charge < -0.3 is 15.0 Å². The molecule has 0 radical (unpaired) electrons. The Labute approximate surface area is 166 Å². The van der Waals surface area contributed by atoms with Crippen molar-refractivity contribution in [3.8, 4) is 11.6 Å². The lowest BCUT2D eigenvalue weighted by atomic mass is 10.3. The smallest absolute Gasteiger partial charge is 0.231 e. The highest BCUT2D eigenvalue weighted by molar-refractivity contribution is 7.16. The van der Waals surface area contributed by atoms with Crippen molar-refractivity contribution in [2.75, 3.05) is 23.3 Å². The van der Waals surface area contributed by atoms with E-state index in [1.54, 1.807) is 17.5 Å². The van der Waals surface area contributed by atoms with Gasteiger partial charge in [0.05, 0.1) is 5.39 Å². The highest BCUT2D eigenvalue weighted by Crippen LogP contribution is 2.30. The Balaban J connectivity index is 1.30. The monoisotopic (exact) mass is 390 g/mol. The van der Waals surface area contributed by atoms with Crippen LogP contribution in [0.3, 0.4) is 0 Å². The number of rotatable bonds is 5. The lowest BCUT2D eigenvalue weighted by molar-refractivity contribution is 0.468. The molecule has 28 heavy (non-hydrogen) atoms. The maximum Gasteiger partial charge on any atom is 0.231 e. The molecule has 1 fully saturated rings. The summed E-state index contributed by atoms with van der Waals surface area (Å²) in [5.41, 5.74) is 0.897. The van der Waals surface area contributed by atoms with E-state index in [-0.39, 0.29) is 0 Å². The molecule has 0 saturated carbocycles. The number of hydrogen-bond acceptors (Lipinski definition) is 8. The predicted octanol–water partition coefficient (Wildman–Crippen LogP) is 4.62. The van der Waals surface area contributed by atoms with Crippen LogP contribution in [-0.2, 0) is 0 Å². The molecule has 7 nitrogen and oxygen atoms in total. The topological polar surface area (TPSA) is 76.1 Å². The second kappa shape index (κ2) is 7.40. The third-order valence-electron chi connectivity index (χ3n) is 4.62. The first-order chi connectivity index (χ1) is 13.8. The molecule has 1 saturated heterocycles. The molecule has 140 valence electrons. The molecule has 0 unspecified atom stereocenters. The van der Waals surface area contributed by atoms with Gasteiger partial charge in [-0.2, -0.15) is 4.98 Å². The van der Waals surface area contributed by atoms with E-state index >= 15 is 0 Å². The zero-order chi connectivity index (χ0) is 18.8. The molecule has 1 N–H and O–H groups in total. The van der Waals surface area contributed by atoms with Gasteiger partial charge >= 0.3 is 0 Å². The van der Waals surface area contributed by atoms with Crippen LogP contribution in [0.2, 0.25) is 0 Å². The summed E-state index contributed by atoms with van der Waals surface area (Å²) in [5.74, 6) is 2.84. The van der Waals surface area contributed by atoms with Gasteiger partial charge in [0.1, 0.15) is 22.7 Å². The summed E-state index contributed by atoms with van der Waals surface area (Å²) in [7, 11) is 0. The Bertz CT molecular complexity index is 1090. The quantitative estimate of drug-likeness (QED) is 0.533. The van der Waals surface area contributed by atoms with Crippen LogP contribution in [-0.4, -0.2) is 33.0 Å². The van der Waals surface area contributed by atoms with E-state index in [0.29, 0.717) is 17.6 Å². The van der Waals surface area contributed by atoms with E-state index in [9.17, 15) is 0 Å². The number of ether oxygens (including phenoxy) is 1. The maximum absolute atomic E-state index is 5.93. The van der Waals surface area contributed by atoms with Crippen molar-refractivity contribution in [3.63, 3.8) is 0 Å². The molecule has 0 atom stereocenters.